The number of ether oxygens (including phenoxy) is 2. The summed E-state index contributed by atoms with van der Waals surface area (Å²) in [4.78, 5) is 10.9. The van der Waals surface area contributed by atoms with Crippen LogP contribution in [0.1, 0.15) is 12.8 Å². The Morgan fingerprint density at radius 3 is 2.69 bits per heavy atom. The third kappa shape index (κ3) is 7.70. The third-order valence-corrected chi connectivity index (χ3v) is 1.44. The number of carbonyl (C=O) groups excluding carboxylic acids is 1. The molecule has 0 spiro atoms. The van der Waals surface area contributed by atoms with E-state index >= 15 is 0 Å². The summed E-state index contributed by atoms with van der Waals surface area (Å²) in [6.45, 7) is 0.268. The van der Waals surface area contributed by atoms with Gasteiger partial charge in [-0.3, -0.25) is 4.79 Å². The first-order chi connectivity index (χ1) is 6.20. The minimum atomic E-state index is -0.838. The van der Waals surface area contributed by atoms with E-state index in [-0.39, 0.29) is 32.0 Å². The standard InChI is InChI=1S/C8H16O5/c1-12-4-5-13-8(11)3-2-7(10)6-9/h7,9-10H,2-6H2,1H3. The Kier molecular flexibility index (Phi) is 7.57. The lowest BCUT2D eigenvalue weighted by Gasteiger charge is -2.06. The molecule has 0 saturated carbocycles. The van der Waals surface area contributed by atoms with Gasteiger partial charge in [-0.15, -0.1) is 0 Å². The van der Waals surface area contributed by atoms with Crippen LogP contribution in [0.3, 0.4) is 0 Å². The molecule has 5 nitrogen and oxygen atoms in total. The van der Waals surface area contributed by atoms with E-state index in [1.807, 2.05) is 0 Å². The van der Waals surface area contributed by atoms with Crippen molar-refractivity contribution in [1.82, 2.24) is 0 Å². The number of hydrogen-bond donors (Lipinski definition) is 2. The molecule has 0 rings (SSSR count). The summed E-state index contributed by atoms with van der Waals surface area (Å²) in [6.07, 6.45) is -0.497. The van der Waals surface area contributed by atoms with Crippen molar-refractivity contribution < 1.29 is 24.5 Å². The van der Waals surface area contributed by atoms with Gasteiger partial charge >= 0.3 is 5.97 Å². The van der Waals surface area contributed by atoms with Crippen molar-refractivity contribution in [3.8, 4) is 0 Å². The second-order valence-corrected chi connectivity index (χ2v) is 2.59. The topological polar surface area (TPSA) is 76.0 Å². The van der Waals surface area contributed by atoms with Crippen molar-refractivity contribution in [3.05, 3.63) is 0 Å². The van der Waals surface area contributed by atoms with Crippen LogP contribution in [-0.4, -0.2) is 49.2 Å². The van der Waals surface area contributed by atoms with Crippen molar-refractivity contribution in [3.63, 3.8) is 0 Å². The van der Waals surface area contributed by atoms with Crippen molar-refractivity contribution >= 4 is 5.97 Å². The van der Waals surface area contributed by atoms with Crippen LogP contribution < -0.4 is 0 Å². The van der Waals surface area contributed by atoms with Crippen molar-refractivity contribution in [1.29, 1.82) is 0 Å². The van der Waals surface area contributed by atoms with Gasteiger partial charge in [-0.25, -0.2) is 0 Å². The summed E-state index contributed by atoms with van der Waals surface area (Å²) in [6, 6.07) is 0. The highest BCUT2D eigenvalue weighted by Crippen LogP contribution is 1.97. The predicted octanol–water partition coefficient (Wildman–Crippen LogP) is -0.691. The fourth-order valence-corrected chi connectivity index (χ4v) is 0.687. The van der Waals surface area contributed by atoms with Crippen LogP contribution in [0.25, 0.3) is 0 Å². The van der Waals surface area contributed by atoms with E-state index in [4.69, 9.17) is 14.9 Å². The van der Waals surface area contributed by atoms with E-state index in [0.29, 0.717) is 6.61 Å². The molecule has 0 aliphatic rings. The number of carbonyl (C=O) groups is 1. The fourth-order valence-electron chi connectivity index (χ4n) is 0.687. The molecule has 0 aliphatic heterocycles. The predicted molar refractivity (Wildman–Crippen MR) is 45.2 cm³/mol. The summed E-state index contributed by atoms with van der Waals surface area (Å²) >= 11 is 0. The molecule has 1 atom stereocenters. The molecule has 0 aromatic rings. The van der Waals surface area contributed by atoms with Gasteiger partial charge < -0.3 is 19.7 Å². The molecule has 0 amide bonds. The molecule has 13 heavy (non-hydrogen) atoms. The second-order valence-electron chi connectivity index (χ2n) is 2.59. The first-order valence-electron chi connectivity index (χ1n) is 4.14. The number of aliphatic hydroxyl groups is 2. The minimum absolute atomic E-state index is 0.117. The highest BCUT2D eigenvalue weighted by molar-refractivity contribution is 5.69. The molecule has 0 saturated heterocycles. The van der Waals surface area contributed by atoms with Crippen LogP contribution in [-0.2, 0) is 14.3 Å². The second kappa shape index (κ2) is 7.97. The quantitative estimate of drug-likeness (QED) is 0.412. The van der Waals surface area contributed by atoms with Crippen LogP contribution in [0, 0.1) is 0 Å². The molecule has 0 heterocycles. The van der Waals surface area contributed by atoms with Gasteiger partial charge in [0.1, 0.15) is 6.61 Å². The third-order valence-electron chi connectivity index (χ3n) is 1.44. The van der Waals surface area contributed by atoms with Crippen molar-refractivity contribution in [2.24, 2.45) is 0 Å². The largest absolute Gasteiger partial charge is 0.463 e. The van der Waals surface area contributed by atoms with Gasteiger partial charge in [0, 0.05) is 13.5 Å². The van der Waals surface area contributed by atoms with Gasteiger partial charge in [-0.1, -0.05) is 0 Å². The zero-order valence-electron chi connectivity index (χ0n) is 7.73. The molecule has 0 bridgehead atoms. The number of aliphatic hydroxyl groups excluding tert-OH is 2. The van der Waals surface area contributed by atoms with E-state index in [0.717, 1.165) is 0 Å². The zero-order chi connectivity index (χ0) is 10.1. The zero-order valence-corrected chi connectivity index (χ0v) is 7.73. The summed E-state index contributed by atoms with van der Waals surface area (Å²) in [5.41, 5.74) is 0. The molecule has 0 radical (unpaired) electrons. The maximum absolute atomic E-state index is 10.9. The van der Waals surface area contributed by atoms with E-state index < -0.39 is 6.10 Å². The Morgan fingerprint density at radius 2 is 2.15 bits per heavy atom. The average Bonchev–Trinajstić information content (AvgIpc) is 2.14. The maximum Gasteiger partial charge on any atom is 0.305 e. The van der Waals surface area contributed by atoms with Gasteiger partial charge in [-0.2, -0.15) is 0 Å². The van der Waals surface area contributed by atoms with E-state index in [2.05, 4.69) is 4.74 Å². The molecular formula is C8H16O5. The lowest BCUT2D eigenvalue weighted by Crippen LogP contribution is -2.16. The molecule has 1 unspecified atom stereocenters. The van der Waals surface area contributed by atoms with Crippen molar-refractivity contribution in [2.75, 3.05) is 26.9 Å². The molecule has 5 heteroatoms. The van der Waals surface area contributed by atoms with Gasteiger partial charge in [0.2, 0.25) is 0 Å². The normalized spacial score (nSPS) is 12.5. The summed E-state index contributed by atoms with van der Waals surface area (Å²) in [5.74, 6) is -0.385. The van der Waals surface area contributed by atoms with E-state index in [9.17, 15) is 4.79 Å². The average molecular weight is 192 g/mol. The Hall–Kier alpha value is -0.650. The Bertz CT molecular complexity index is 136. The van der Waals surface area contributed by atoms with Crippen LogP contribution in [0.2, 0.25) is 0 Å². The monoisotopic (exact) mass is 192 g/mol. The molecule has 0 aliphatic carbocycles. The Labute approximate surface area is 77.3 Å². The van der Waals surface area contributed by atoms with Gasteiger partial charge in [-0.05, 0) is 6.42 Å². The Balaban J connectivity index is 3.30. The van der Waals surface area contributed by atoms with Gasteiger partial charge in [0.25, 0.3) is 0 Å². The lowest BCUT2D eigenvalue weighted by molar-refractivity contribution is -0.145. The molecule has 0 aromatic carbocycles. The van der Waals surface area contributed by atoms with Crippen LogP contribution in [0.5, 0.6) is 0 Å². The summed E-state index contributed by atoms with van der Waals surface area (Å²) < 4.78 is 9.39. The minimum Gasteiger partial charge on any atom is -0.463 e. The molecule has 0 aromatic heterocycles. The number of esters is 1. The van der Waals surface area contributed by atoms with E-state index in [1.54, 1.807) is 0 Å². The summed E-state index contributed by atoms with van der Waals surface area (Å²) in [7, 11) is 1.52. The van der Waals surface area contributed by atoms with Gasteiger partial charge in [0.05, 0.1) is 19.3 Å². The maximum atomic E-state index is 10.9. The lowest BCUT2D eigenvalue weighted by atomic mass is 10.2. The number of rotatable bonds is 7. The smallest absolute Gasteiger partial charge is 0.305 e. The van der Waals surface area contributed by atoms with Gasteiger partial charge in [0.15, 0.2) is 0 Å². The number of hydrogen-bond acceptors (Lipinski definition) is 5. The first-order valence-corrected chi connectivity index (χ1v) is 4.14. The fraction of sp³-hybridized carbons (Fsp3) is 0.875. The van der Waals surface area contributed by atoms with Crippen molar-refractivity contribution in [2.45, 2.75) is 18.9 Å². The number of methoxy groups -OCH3 is 1. The molecular weight excluding hydrogens is 176 g/mol. The molecule has 2 N–H and O–H groups in total. The van der Waals surface area contributed by atoms with Crippen LogP contribution >= 0.6 is 0 Å². The summed E-state index contributed by atoms with van der Waals surface area (Å²) in [5, 5.41) is 17.3. The SMILES string of the molecule is COCCOC(=O)CCC(O)CO. The highest BCUT2D eigenvalue weighted by atomic mass is 16.6. The molecule has 0 fully saturated rings. The van der Waals surface area contributed by atoms with Crippen LogP contribution in [0.15, 0.2) is 0 Å². The molecule has 78 valence electrons. The first kappa shape index (κ1) is 12.3. The van der Waals surface area contributed by atoms with Crippen LogP contribution in [0.4, 0.5) is 0 Å². The highest BCUT2D eigenvalue weighted by Gasteiger charge is 2.07. The Morgan fingerprint density at radius 1 is 1.46 bits per heavy atom. The van der Waals surface area contributed by atoms with E-state index in [1.165, 1.54) is 7.11 Å².